The lowest BCUT2D eigenvalue weighted by Crippen LogP contribution is -2.03. The number of hydrogen-bond acceptors (Lipinski definition) is 5. The van der Waals surface area contributed by atoms with E-state index in [1.807, 2.05) is 6.92 Å². The molecule has 1 heterocycles. The van der Waals surface area contributed by atoms with Crippen molar-refractivity contribution in [2.45, 2.75) is 38.6 Å². The number of nitro groups is 1. The molecule has 0 atom stereocenters. The quantitative estimate of drug-likeness (QED) is 0.444. The second-order valence-electron chi connectivity index (χ2n) is 4.76. The fourth-order valence-electron chi connectivity index (χ4n) is 1.41. The van der Waals surface area contributed by atoms with Gasteiger partial charge in [-0.2, -0.15) is 0 Å². The summed E-state index contributed by atoms with van der Waals surface area (Å²) in [6.45, 7) is 7.14. The van der Waals surface area contributed by atoms with Crippen LogP contribution in [0.25, 0.3) is 0 Å². The van der Waals surface area contributed by atoms with Gasteiger partial charge >= 0.3 is 0 Å². The molecule has 1 N–H and O–H groups in total. The van der Waals surface area contributed by atoms with Crippen molar-refractivity contribution in [3.63, 3.8) is 0 Å². The Morgan fingerprint density at radius 3 is 2.79 bits per heavy atom. The molecule has 106 valence electrons. The molecule has 0 aliphatic heterocycles. The largest absolute Gasteiger partial charge is 0.370 e. The highest BCUT2D eigenvalue weighted by molar-refractivity contribution is 7.99. The third-order valence-corrected chi connectivity index (χ3v) is 3.44. The molecule has 0 aromatic carbocycles. The lowest BCUT2D eigenvalue weighted by molar-refractivity contribution is -0.385. The summed E-state index contributed by atoms with van der Waals surface area (Å²) in [5.74, 6) is 2.14. The molecular formula is C13H21N3O2S. The van der Waals surface area contributed by atoms with Crippen molar-refractivity contribution in [1.82, 2.24) is 4.98 Å². The zero-order valence-corrected chi connectivity index (χ0v) is 12.5. The molecule has 1 aromatic heterocycles. The summed E-state index contributed by atoms with van der Waals surface area (Å²) in [5.41, 5.74) is 0.0978. The van der Waals surface area contributed by atoms with Crippen LogP contribution >= 0.6 is 11.8 Å². The van der Waals surface area contributed by atoms with Gasteiger partial charge in [-0.1, -0.05) is 20.8 Å². The van der Waals surface area contributed by atoms with E-state index in [0.29, 0.717) is 16.8 Å². The van der Waals surface area contributed by atoms with Crippen molar-refractivity contribution in [1.29, 1.82) is 0 Å². The first-order valence-electron chi connectivity index (χ1n) is 6.56. The van der Waals surface area contributed by atoms with E-state index in [4.69, 9.17) is 0 Å². The molecule has 19 heavy (non-hydrogen) atoms. The van der Waals surface area contributed by atoms with E-state index < -0.39 is 0 Å². The van der Waals surface area contributed by atoms with Crippen LogP contribution in [0.5, 0.6) is 0 Å². The molecule has 0 spiro atoms. The molecule has 5 nitrogen and oxygen atoms in total. The first kappa shape index (κ1) is 15.8. The van der Waals surface area contributed by atoms with Crippen molar-refractivity contribution in [3.8, 4) is 0 Å². The minimum Gasteiger partial charge on any atom is -0.370 e. The molecule has 0 saturated carbocycles. The zero-order chi connectivity index (χ0) is 14.3. The molecule has 0 fully saturated rings. The molecule has 6 heteroatoms. The van der Waals surface area contributed by atoms with Crippen molar-refractivity contribution >= 4 is 23.3 Å². The molecule has 0 aliphatic carbocycles. The summed E-state index contributed by atoms with van der Waals surface area (Å²) in [6.07, 6.45) is 2.03. The first-order valence-corrected chi connectivity index (χ1v) is 7.54. The van der Waals surface area contributed by atoms with Crippen molar-refractivity contribution < 1.29 is 4.92 Å². The average molecular weight is 283 g/mol. The van der Waals surface area contributed by atoms with Gasteiger partial charge in [0.1, 0.15) is 10.8 Å². The lowest BCUT2D eigenvalue weighted by Gasteiger charge is -2.07. The molecule has 1 rings (SSSR count). The fourth-order valence-corrected chi connectivity index (χ4v) is 2.58. The maximum Gasteiger partial charge on any atom is 0.275 e. The summed E-state index contributed by atoms with van der Waals surface area (Å²) < 4.78 is 0. The van der Waals surface area contributed by atoms with Gasteiger partial charge in [0.2, 0.25) is 0 Å². The van der Waals surface area contributed by atoms with E-state index in [-0.39, 0.29) is 10.6 Å². The van der Waals surface area contributed by atoms with Crippen molar-refractivity contribution in [2.24, 2.45) is 5.92 Å². The molecule has 0 saturated heterocycles. The van der Waals surface area contributed by atoms with Crippen LogP contribution < -0.4 is 5.32 Å². The van der Waals surface area contributed by atoms with Gasteiger partial charge in [-0.05, 0) is 24.5 Å². The summed E-state index contributed by atoms with van der Waals surface area (Å²) in [6, 6.07) is 3.03. The highest BCUT2D eigenvalue weighted by atomic mass is 32.2. The van der Waals surface area contributed by atoms with E-state index in [1.165, 1.54) is 6.07 Å². The molecule has 0 radical (unpaired) electrons. The van der Waals surface area contributed by atoms with Gasteiger partial charge in [0.15, 0.2) is 0 Å². The summed E-state index contributed by atoms with van der Waals surface area (Å²) in [7, 11) is 0. The normalized spacial score (nSPS) is 10.7. The average Bonchev–Trinajstić information content (AvgIpc) is 2.35. The summed E-state index contributed by atoms with van der Waals surface area (Å²) >= 11 is 1.57. The van der Waals surface area contributed by atoms with E-state index in [0.717, 1.165) is 25.1 Å². The maximum absolute atomic E-state index is 10.9. The number of rotatable bonds is 8. The Balaban J connectivity index is 2.77. The number of hydrogen-bond donors (Lipinski definition) is 1. The van der Waals surface area contributed by atoms with Gasteiger partial charge in [0, 0.05) is 12.6 Å². The number of thioether (sulfide) groups is 1. The predicted molar refractivity (Wildman–Crippen MR) is 79.9 cm³/mol. The predicted octanol–water partition coefficient (Wildman–Crippen LogP) is 3.95. The van der Waals surface area contributed by atoms with Gasteiger partial charge in [0.25, 0.3) is 5.69 Å². The Morgan fingerprint density at radius 2 is 2.21 bits per heavy atom. The van der Waals surface area contributed by atoms with E-state index in [9.17, 15) is 10.1 Å². The van der Waals surface area contributed by atoms with E-state index in [1.54, 1.807) is 17.8 Å². The van der Waals surface area contributed by atoms with Crippen LogP contribution in [0, 0.1) is 16.0 Å². The zero-order valence-electron chi connectivity index (χ0n) is 11.7. The first-order chi connectivity index (χ1) is 9.02. The monoisotopic (exact) mass is 283 g/mol. The Bertz CT molecular complexity index is 424. The third kappa shape index (κ3) is 5.92. The van der Waals surface area contributed by atoms with Crippen LogP contribution in [0.2, 0.25) is 0 Å². The molecule has 0 unspecified atom stereocenters. The Hall–Kier alpha value is -1.30. The number of anilines is 1. The Kier molecular flexibility index (Phi) is 6.62. The second kappa shape index (κ2) is 7.99. The van der Waals surface area contributed by atoms with Gasteiger partial charge in [-0.3, -0.25) is 10.1 Å². The maximum atomic E-state index is 10.9. The van der Waals surface area contributed by atoms with Crippen molar-refractivity contribution in [2.75, 3.05) is 17.6 Å². The van der Waals surface area contributed by atoms with Gasteiger partial charge in [-0.25, -0.2) is 4.98 Å². The lowest BCUT2D eigenvalue weighted by atomic mass is 10.2. The molecule has 0 bridgehead atoms. The third-order valence-electron chi connectivity index (χ3n) is 2.50. The van der Waals surface area contributed by atoms with Crippen LogP contribution in [0.3, 0.4) is 0 Å². The van der Waals surface area contributed by atoms with Crippen LogP contribution in [0.15, 0.2) is 17.2 Å². The standard InChI is InChI=1S/C13H21N3O2S/c1-4-6-14-12-8-11(16(17)18)9-13(15-12)19-7-5-10(2)3/h8-10H,4-7H2,1-3H3,(H,14,15). The summed E-state index contributed by atoms with van der Waals surface area (Å²) in [4.78, 5) is 14.9. The molecule has 0 aliphatic rings. The fraction of sp³-hybridized carbons (Fsp3) is 0.615. The van der Waals surface area contributed by atoms with Crippen LogP contribution in [0.1, 0.15) is 33.6 Å². The Morgan fingerprint density at radius 1 is 1.47 bits per heavy atom. The number of nitrogens with zero attached hydrogens (tertiary/aromatic N) is 2. The SMILES string of the molecule is CCCNc1cc([N+](=O)[O-])cc(SCCC(C)C)n1. The number of nitrogens with one attached hydrogen (secondary N) is 1. The second-order valence-corrected chi connectivity index (χ2v) is 5.88. The van der Waals surface area contributed by atoms with Crippen LogP contribution in [0.4, 0.5) is 11.5 Å². The van der Waals surface area contributed by atoms with Crippen LogP contribution in [-0.4, -0.2) is 22.2 Å². The minimum atomic E-state index is -0.370. The Labute approximate surface area is 118 Å². The van der Waals surface area contributed by atoms with E-state index >= 15 is 0 Å². The highest BCUT2D eigenvalue weighted by Gasteiger charge is 2.11. The molecule has 1 aromatic rings. The smallest absolute Gasteiger partial charge is 0.275 e. The van der Waals surface area contributed by atoms with Gasteiger partial charge in [-0.15, -0.1) is 11.8 Å². The topological polar surface area (TPSA) is 68.1 Å². The van der Waals surface area contributed by atoms with Gasteiger partial charge in [0.05, 0.1) is 11.0 Å². The minimum absolute atomic E-state index is 0.0978. The van der Waals surface area contributed by atoms with Crippen LogP contribution in [-0.2, 0) is 0 Å². The van der Waals surface area contributed by atoms with E-state index in [2.05, 4.69) is 24.1 Å². The number of pyridine rings is 1. The highest BCUT2D eigenvalue weighted by Crippen LogP contribution is 2.25. The van der Waals surface area contributed by atoms with Crippen molar-refractivity contribution in [3.05, 3.63) is 22.2 Å². The molecular weight excluding hydrogens is 262 g/mol. The van der Waals surface area contributed by atoms with Gasteiger partial charge < -0.3 is 5.32 Å². The molecule has 0 amide bonds. The number of aromatic nitrogens is 1. The summed E-state index contributed by atoms with van der Waals surface area (Å²) in [5, 5.41) is 14.7.